The number of ether oxygens (including phenoxy) is 1. The van der Waals surface area contributed by atoms with Crippen molar-refractivity contribution in [2.75, 3.05) is 6.61 Å². The standard InChI is InChI=1S/C50H97NO5/c1-4-7-10-13-16-19-22-24-26-28-30-33-36-39-42-48(53)47(45-52)51-49(54)44-46(41-38-35-32-29-27-25-23-20-17-14-11-8-5-2)56-50(55)43-40-37-34-31-21-18-15-12-9-6-3/h20,23,46-48,52-53H,4-19,21-22,24-45H2,1-3H3,(H,51,54)/b23-20-. The Morgan fingerprint density at radius 3 is 1.29 bits per heavy atom. The van der Waals surface area contributed by atoms with Crippen molar-refractivity contribution in [3.63, 3.8) is 0 Å². The number of carbonyl (C=O) groups is 2. The zero-order chi connectivity index (χ0) is 41.0. The SMILES string of the molecule is CCCCCC/C=C\CCCCCCCC(CC(=O)NC(CO)C(O)CCCCCCCCCCCCCCCC)OC(=O)CCCCCCCCCCCC. The van der Waals surface area contributed by atoms with Crippen LogP contribution in [0.2, 0.25) is 0 Å². The quantitative estimate of drug-likeness (QED) is 0.0324. The molecule has 1 amide bonds. The Labute approximate surface area is 349 Å². The molecular formula is C50H97NO5. The summed E-state index contributed by atoms with van der Waals surface area (Å²) in [6, 6.07) is -0.696. The summed E-state index contributed by atoms with van der Waals surface area (Å²) in [5.41, 5.74) is 0. The zero-order valence-electron chi connectivity index (χ0n) is 37.8. The van der Waals surface area contributed by atoms with Crippen LogP contribution in [0.1, 0.15) is 271 Å². The number of aliphatic hydroxyl groups excluding tert-OH is 2. The third-order valence-electron chi connectivity index (χ3n) is 11.6. The van der Waals surface area contributed by atoms with Crippen molar-refractivity contribution in [2.24, 2.45) is 0 Å². The van der Waals surface area contributed by atoms with E-state index in [-0.39, 0.29) is 24.9 Å². The number of hydrogen-bond donors (Lipinski definition) is 3. The van der Waals surface area contributed by atoms with Crippen molar-refractivity contribution in [1.82, 2.24) is 5.32 Å². The van der Waals surface area contributed by atoms with Gasteiger partial charge in [-0.15, -0.1) is 0 Å². The lowest BCUT2D eigenvalue weighted by Gasteiger charge is -2.24. The fourth-order valence-corrected chi connectivity index (χ4v) is 7.78. The van der Waals surface area contributed by atoms with E-state index in [2.05, 4.69) is 38.2 Å². The summed E-state index contributed by atoms with van der Waals surface area (Å²) >= 11 is 0. The molecule has 3 unspecified atom stereocenters. The Hall–Kier alpha value is -1.40. The summed E-state index contributed by atoms with van der Waals surface area (Å²) in [5, 5.41) is 23.7. The minimum absolute atomic E-state index is 0.0783. The van der Waals surface area contributed by atoms with Gasteiger partial charge in [0.2, 0.25) is 5.91 Å². The maximum Gasteiger partial charge on any atom is 0.306 e. The summed E-state index contributed by atoms with van der Waals surface area (Å²) in [7, 11) is 0. The van der Waals surface area contributed by atoms with Gasteiger partial charge < -0.3 is 20.3 Å². The number of nitrogens with one attached hydrogen (secondary N) is 1. The number of rotatable bonds is 45. The zero-order valence-corrected chi connectivity index (χ0v) is 37.8. The predicted molar refractivity (Wildman–Crippen MR) is 241 cm³/mol. The lowest BCUT2D eigenvalue weighted by molar-refractivity contribution is -0.151. The maximum atomic E-state index is 13.2. The van der Waals surface area contributed by atoms with Gasteiger partial charge in [0.05, 0.1) is 25.2 Å². The molecule has 0 aliphatic heterocycles. The van der Waals surface area contributed by atoms with E-state index >= 15 is 0 Å². The van der Waals surface area contributed by atoms with Gasteiger partial charge in [-0.05, 0) is 51.4 Å². The van der Waals surface area contributed by atoms with Gasteiger partial charge in [0, 0.05) is 6.42 Å². The molecule has 56 heavy (non-hydrogen) atoms. The fourth-order valence-electron chi connectivity index (χ4n) is 7.78. The molecule has 0 aliphatic rings. The first-order chi connectivity index (χ1) is 27.5. The summed E-state index contributed by atoms with van der Waals surface area (Å²) < 4.78 is 5.91. The highest BCUT2D eigenvalue weighted by Gasteiger charge is 2.24. The molecule has 0 aromatic heterocycles. The smallest absolute Gasteiger partial charge is 0.306 e. The number of allylic oxidation sites excluding steroid dienone is 2. The van der Waals surface area contributed by atoms with Crippen LogP contribution < -0.4 is 5.32 Å². The van der Waals surface area contributed by atoms with Crippen molar-refractivity contribution in [3.05, 3.63) is 12.2 Å². The molecule has 332 valence electrons. The van der Waals surface area contributed by atoms with Crippen molar-refractivity contribution in [2.45, 2.75) is 289 Å². The van der Waals surface area contributed by atoms with Crippen LogP contribution in [-0.4, -0.2) is 46.9 Å². The van der Waals surface area contributed by atoms with E-state index in [9.17, 15) is 19.8 Å². The summed E-state index contributed by atoms with van der Waals surface area (Å²) in [6.07, 6.45) is 48.4. The molecule has 6 heteroatoms. The van der Waals surface area contributed by atoms with Crippen LogP contribution in [0.3, 0.4) is 0 Å². The van der Waals surface area contributed by atoms with Crippen molar-refractivity contribution < 1.29 is 24.5 Å². The second kappa shape index (κ2) is 44.7. The molecule has 0 heterocycles. The predicted octanol–water partition coefficient (Wildman–Crippen LogP) is 14.6. The first-order valence-electron chi connectivity index (χ1n) is 24.9. The number of unbranched alkanes of at least 4 members (excludes halogenated alkanes) is 31. The Bertz CT molecular complexity index is 847. The maximum absolute atomic E-state index is 13.2. The molecule has 0 bridgehead atoms. The monoisotopic (exact) mass is 792 g/mol. The first-order valence-corrected chi connectivity index (χ1v) is 24.9. The molecule has 0 radical (unpaired) electrons. The Balaban J connectivity index is 4.52. The average molecular weight is 792 g/mol. The van der Waals surface area contributed by atoms with E-state index in [4.69, 9.17) is 4.74 Å². The Kier molecular flexibility index (Phi) is 43.6. The van der Waals surface area contributed by atoms with Gasteiger partial charge in [0.15, 0.2) is 0 Å². The van der Waals surface area contributed by atoms with Gasteiger partial charge in [-0.2, -0.15) is 0 Å². The van der Waals surface area contributed by atoms with Crippen molar-refractivity contribution >= 4 is 11.9 Å². The normalized spacial score (nSPS) is 13.3. The third-order valence-corrected chi connectivity index (χ3v) is 11.6. The molecular weight excluding hydrogens is 695 g/mol. The number of hydrogen-bond acceptors (Lipinski definition) is 5. The van der Waals surface area contributed by atoms with Crippen LogP contribution in [0.15, 0.2) is 12.2 Å². The number of esters is 1. The molecule has 0 saturated heterocycles. The summed E-state index contributed by atoms with van der Waals surface area (Å²) in [6.45, 7) is 6.47. The van der Waals surface area contributed by atoms with Gasteiger partial charge in [-0.25, -0.2) is 0 Å². The molecule has 0 spiro atoms. The molecule has 0 rings (SSSR count). The van der Waals surface area contributed by atoms with Crippen molar-refractivity contribution in [3.8, 4) is 0 Å². The highest BCUT2D eigenvalue weighted by atomic mass is 16.5. The number of carbonyl (C=O) groups excluding carboxylic acids is 2. The fraction of sp³-hybridized carbons (Fsp3) is 0.920. The van der Waals surface area contributed by atoms with Crippen LogP contribution in [0, 0.1) is 0 Å². The van der Waals surface area contributed by atoms with E-state index in [1.165, 1.54) is 167 Å². The average Bonchev–Trinajstić information content (AvgIpc) is 3.19. The number of amides is 1. The topological polar surface area (TPSA) is 95.9 Å². The Morgan fingerprint density at radius 2 is 0.857 bits per heavy atom. The van der Waals surface area contributed by atoms with Crippen LogP contribution in [0.25, 0.3) is 0 Å². The second-order valence-corrected chi connectivity index (χ2v) is 17.2. The molecule has 0 aromatic carbocycles. The van der Waals surface area contributed by atoms with Crippen molar-refractivity contribution in [1.29, 1.82) is 0 Å². The molecule has 0 aliphatic carbocycles. The van der Waals surface area contributed by atoms with E-state index in [1.807, 2.05) is 0 Å². The molecule has 3 atom stereocenters. The van der Waals surface area contributed by atoms with Gasteiger partial charge in [0.1, 0.15) is 6.10 Å². The van der Waals surface area contributed by atoms with E-state index in [1.54, 1.807) is 0 Å². The highest BCUT2D eigenvalue weighted by Crippen LogP contribution is 2.18. The van der Waals surface area contributed by atoms with Crippen LogP contribution >= 0.6 is 0 Å². The number of aliphatic hydroxyl groups is 2. The van der Waals surface area contributed by atoms with E-state index in [0.29, 0.717) is 19.3 Å². The molecule has 3 N–H and O–H groups in total. The third kappa shape index (κ3) is 39.4. The molecule has 0 fully saturated rings. The molecule has 0 saturated carbocycles. The van der Waals surface area contributed by atoms with Crippen LogP contribution in [-0.2, 0) is 14.3 Å². The lowest BCUT2D eigenvalue weighted by Crippen LogP contribution is -2.46. The van der Waals surface area contributed by atoms with E-state index < -0.39 is 18.2 Å². The van der Waals surface area contributed by atoms with Gasteiger partial charge in [0.25, 0.3) is 0 Å². The van der Waals surface area contributed by atoms with E-state index in [0.717, 1.165) is 57.8 Å². The second-order valence-electron chi connectivity index (χ2n) is 17.2. The van der Waals surface area contributed by atoms with Gasteiger partial charge in [-0.3, -0.25) is 9.59 Å². The largest absolute Gasteiger partial charge is 0.462 e. The minimum Gasteiger partial charge on any atom is -0.462 e. The Morgan fingerprint density at radius 1 is 0.500 bits per heavy atom. The van der Waals surface area contributed by atoms with Crippen LogP contribution in [0.5, 0.6) is 0 Å². The highest BCUT2D eigenvalue weighted by molar-refractivity contribution is 5.77. The summed E-state index contributed by atoms with van der Waals surface area (Å²) in [4.78, 5) is 26.0. The lowest BCUT2D eigenvalue weighted by atomic mass is 10.0. The summed E-state index contributed by atoms with van der Waals surface area (Å²) in [5.74, 6) is -0.470. The van der Waals surface area contributed by atoms with Gasteiger partial charge in [-0.1, -0.05) is 219 Å². The first kappa shape index (κ1) is 54.6. The van der Waals surface area contributed by atoms with Crippen LogP contribution in [0.4, 0.5) is 0 Å². The molecule has 6 nitrogen and oxygen atoms in total. The molecule has 0 aromatic rings. The minimum atomic E-state index is -0.783. The van der Waals surface area contributed by atoms with Gasteiger partial charge >= 0.3 is 5.97 Å².